The fourth-order valence-corrected chi connectivity index (χ4v) is 3.12. The van der Waals surface area contributed by atoms with E-state index in [1.807, 2.05) is 0 Å². The summed E-state index contributed by atoms with van der Waals surface area (Å²) in [7, 11) is 0. The second-order valence-corrected chi connectivity index (χ2v) is 5.91. The number of rotatable bonds is 4. The average molecular weight is 290 g/mol. The summed E-state index contributed by atoms with van der Waals surface area (Å²) in [6, 6.07) is 9.36. The SMILES string of the molecule is CCC1CC(Nc2ccc(N3CCOCC3)cc2)CCO1. The van der Waals surface area contributed by atoms with Gasteiger partial charge < -0.3 is 19.7 Å². The van der Waals surface area contributed by atoms with E-state index >= 15 is 0 Å². The fourth-order valence-electron chi connectivity index (χ4n) is 3.12. The van der Waals surface area contributed by atoms with Gasteiger partial charge in [0.15, 0.2) is 0 Å². The van der Waals surface area contributed by atoms with E-state index in [9.17, 15) is 0 Å². The molecular weight excluding hydrogens is 264 g/mol. The molecule has 116 valence electrons. The summed E-state index contributed by atoms with van der Waals surface area (Å²) in [5.74, 6) is 0. The van der Waals surface area contributed by atoms with Gasteiger partial charge in [-0.15, -0.1) is 0 Å². The zero-order chi connectivity index (χ0) is 14.5. The van der Waals surface area contributed by atoms with Gasteiger partial charge in [0.25, 0.3) is 0 Å². The summed E-state index contributed by atoms with van der Waals surface area (Å²) >= 11 is 0. The third-order valence-electron chi connectivity index (χ3n) is 4.44. The molecule has 2 saturated heterocycles. The van der Waals surface area contributed by atoms with Crippen molar-refractivity contribution in [2.75, 3.05) is 43.1 Å². The Kier molecular flexibility index (Phi) is 4.99. The summed E-state index contributed by atoms with van der Waals surface area (Å²) in [5, 5.41) is 3.65. The van der Waals surface area contributed by atoms with Gasteiger partial charge in [0.1, 0.15) is 0 Å². The topological polar surface area (TPSA) is 33.7 Å². The number of anilines is 2. The zero-order valence-electron chi connectivity index (χ0n) is 12.9. The second kappa shape index (κ2) is 7.14. The van der Waals surface area contributed by atoms with Crippen LogP contribution in [0.5, 0.6) is 0 Å². The highest BCUT2D eigenvalue weighted by atomic mass is 16.5. The van der Waals surface area contributed by atoms with Crippen LogP contribution in [0.1, 0.15) is 26.2 Å². The molecule has 4 heteroatoms. The van der Waals surface area contributed by atoms with Crippen LogP contribution in [0, 0.1) is 0 Å². The molecule has 0 aliphatic carbocycles. The highest BCUT2D eigenvalue weighted by Gasteiger charge is 2.21. The van der Waals surface area contributed by atoms with Gasteiger partial charge in [-0.1, -0.05) is 6.92 Å². The molecular formula is C17H26N2O2. The molecule has 0 radical (unpaired) electrons. The van der Waals surface area contributed by atoms with Crippen LogP contribution in [0.3, 0.4) is 0 Å². The maximum absolute atomic E-state index is 5.73. The molecule has 2 aliphatic rings. The Morgan fingerprint density at radius 3 is 2.62 bits per heavy atom. The molecule has 2 fully saturated rings. The maximum Gasteiger partial charge on any atom is 0.0642 e. The van der Waals surface area contributed by atoms with Gasteiger partial charge in [-0.05, 0) is 43.5 Å². The van der Waals surface area contributed by atoms with E-state index in [1.165, 1.54) is 11.4 Å². The first-order valence-corrected chi connectivity index (χ1v) is 8.16. The first kappa shape index (κ1) is 14.7. The molecule has 2 unspecified atom stereocenters. The fraction of sp³-hybridized carbons (Fsp3) is 0.647. The minimum absolute atomic E-state index is 0.420. The van der Waals surface area contributed by atoms with E-state index < -0.39 is 0 Å². The Balaban J connectivity index is 1.56. The van der Waals surface area contributed by atoms with Crippen LogP contribution in [-0.2, 0) is 9.47 Å². The largest absolute Gasteiger partial charge is 0.382 e. The Morgan fingerprint density at radius 1 is 1.14 bits per heavy atom. The maximum atomic E-state index is 5.73. The third-order valence-corrected chi connectivity index (χ3v) is 4.44. The normalized spacial score (nSPS) is 26.6. The van der Waals surface area contributed by atoms with Gasteiger partial charge in [-0.25, -0.2) is 0 Å². The Bertz CT molecular complexity index is 429. The minimum Gasteiger partial charge on any atom is -0.382 e. The highest BCUT2D eigenvalue weighted by Crippen LogP contribution is 2.23. The van der Waals surface area contributed by atoms with Crippen LogP contribution in [0.2, 0.25) is 0 Å². The number of ether oxygens (including phenoxy) is 2. The van der Waals surface area contributed by atoms with E-state index in [0.29, 0.717) is 12.1 Å². The molecule has 2 aliphatic heterocycles. The number of benzene rings is 1. The summed E-state index contributed by atoms with van der Waals surface area (Å²) in [4.78, 5) is 2.38. The lowest BCUT2D eigenvalue weighted by Crippen LogP contribution is -2.36. The van der Waals surface area contributed by atoms with Crippen molar-refractivity contribution in [3.63, 3.8) is 0 Å². The summed E-state index contributed by atoms with van der Waals surface area (Å²) < 4.78 is 11.1. The highest BCUT2D eigenvalue weighted by molar-refractivity contribution is 5.55. The monoisotopic (exact) mass is 290 g/mol. The van der Waals surface area contributed by atoms with Crippen molar-refractivity contribution in [1.82, 2.24) is 0 Å². The molecule has 0 saturated carbocycles. The molecule has 1 aromatic rings. The molecule has 2 atom stereocenters. The first-order chi connectivity index (χ1) is 10.3. The van der Waals surface area contributed by atoms with Gasteiger partial charge in [0.05, 0.1) is 19.3 Å². The second-order valence-electron chi connectivity index (χ2n) is 5.91. The van der Waals surface area contributed by atoms with Crippen molar-refractivity contribution in [1.29, 1.82) is 0 Å². The Morgan fingerprint density at radius 2 is 1.90 bits per heavy atom. The third kappa shape index (κ3) is 3.89. The van der Waals surface area contributed by atoms with Gasteiger partial charge in [0, 0.05) is 37.1 Å². The van der Waals surface area contributed by atoms with E-state index in [4.69, 9.17) is 9.47 Å². The van der Waals surface area contributed by atoms with Crippen molar-refractivity contribution in [3.05, 3.63) is 24.3 Å². The van der Waals surface area contributed by atoms with E-state index in [1.54, 1.807) is 0 Å². The van der Waals surface area contributed by atoms with Gasteiger partial charge in [-0.3, -0.25) is 0 Å². The lowest BCUT2D eigenvalue weighted by atomic mass is 10.0. The van der Waals surface area contributed by atoms with E-state index in [0.717, 1.165) is 52.2 Å². The molecule has 0 spiro atoms. The van der Waals surface area contributed by atoms with Crippen LogP contribution < -0.4 is 10.2 Å². The molecule has 0 aromatic heterocycles. The van der Waals surface area contributed by atoms with Crippen LogP contribution in [-0.4, -0.2) is 45.1 Å². The molecule has 1 aromatic carbocycles. The molecule has 4 nitrogen and oxygen atoms in total. The number of hydrogen-bond acceptors (Lipinski definition) is 4. The van der Waals surface area contributed by atoms with Crippen LogP contribution >= 0.6 is 0 Å². The van der Waals surface area contributed by atoms with Crippen molar-refractivity contribution in [2.24, 2.45) is 0 Å². The van der Waals surface area contributed by atoms with Gasteiger partial charge >= 0.3 is 0 Å². The average Bonchev–Trinajstić information content (AvgIpc) is 2.56. The van der Waals surface area contributed by atoms with Crippen LogP contribution in [0.15, 0.2) is 24.3 Å². The number of morpholine rings is 1. The molecule has 0 amide bonds. The number of nitrogens with zero attached hydrogens (tertiary/aromatic N) is 1. The summed E-state index contributed by atoms with van der Waals surface area (Å²) in [5.41, 5.74) is 2.51. The molecule has 2 heterocycles. The van der Waals surface area contributed by atoms with E-state index in [2.05, 4.69) is 41.4 Å². The standard InChI is InChI=1S/C17H26N2O2/c1-2-17-13-15(7-10-21-17)18-14-3-5-16(6-4-14)19-8-11-20-12-9-19/h3-6,15,17-18H,2,7-13H2,1H3. The van der Waals surface area contributed by atoms with Crippen molar-refractivity contribution < 1.29 is 9.47 Å². The van der Waals surface area contributed by atoms with Crippen molar-refractivity contribution in [2.45, 2.75) is 38.3 Å². The Hall–Kier alpha value is -1.26. The smallest absolute Gasteiger partial charge is 0.0642 e. The van der Waals surface area contributed by atoms with Crippen LogP contribution in [0.4, 0.5) is 11.4 Å². The molecule has 3 rings (SSSR count). The molecule has 1 N–H and O–H groups in total. The van der Waals surface area contributed by atoms with Gasteiger partial charge in [-0.2, -0.15) is 0 Å². The predicted octanol–water partition coefficient (Wildman–Crippen LogP) is 2.89. The molecule has 21 heavy (non-hydrogen) atoms. The van der Waals surface area contributed by atoms with Crippen molar-refractivity contribution >= 4 is 11.4 Å². The minimum atomic E-state index is 0.420. The van der Waals surface area contributed by atoms with Gasteiger partial charge in [0.2, 0.25) is 0 Å². The number of hydrogen-bond donors (Lipinski definition) is 1. The lowest BCUT2D eigenvalue weighted by Gasteiger charge is -2.31. The van der Waals surface area contributed by atoms with Crippen LogP contribution in [0.25, 0.3) is 0 Å². The quantitative estimate of drug-likeness (QED) is 0.924. The number of nitrogens with one attached hydrogen (secondary N) is 1. The molecule has 0 bridgehead atoms. The lowest BCUT2D eigenvalue weighted by molar-refractivity contribution is 0.00926. The van der Waals surface area contributed by atoms with E-state index in [-0.39, 0.29) is 0 Å². The first-order valence-electron chi connectivity index (χ1n) is 8.16. The predicted molar refractivity (Wildman–Crippen MR) is 86.1 cm³/mol. The zero-order valence-corrected chi connectivity index (χ0v) is 12.9. The summed E-state index contributed by atoms with van der Waals surface area (Å²) in [6.45, 7) is 6.73. The summed E-state index contributed by atoms with van der Waals surface area (Å²) in [6.07, 6.45) is 3.74. The van der Waals surface area contributed by atoms with Crippen molar-refractivity contribution in [3.8, 4) is 0 Å². The Labute approximate surface area is 127 Å².